The fourth-order valence-corrected chi connectivity index (χ4v) is 1.56. The molecule has 0 saturated heterocycles. The van der Waals surface area contributed by atoms with Crippen molar-refractivity contribution in [2.24, 2.45) is 5.73 Å². The van der Waals surface area contributed by atoms with Gasteiger partial charge in [-0.1, -0.05) is 11.6 Å². The SMILES string of the molecule is NCC(F)(F)CNC(=O)CCOc1ccc(Cl)cc1[N+](=O)[O-]. The second-order valence-electron chi connectivity index (χ2n) is 4.30. The Balaban J connectivity index is 2.48. The molecule has 1 aromatic carbocycles. The van der Waals surface area contributed by atoms with E-state index in [4.69, 9.17) is 22.1 Å². The topological polar surface area (TPSA) is 107 Å². The Bertz CT molecular complexity index is 557. The average Bonchev–Trinajstić information content (AvgIpc) is 2.46. The second kappa shape index (κ2) is 7.85. The van der Waals surface area contributed by atoms with Crippen molar-refractivity contribution >= 4 is 23.2 Å². The van der Waals surface area contributed by atoms with Gasteiger partial charge in [-0.25, -0.2) is 8.78 Å². The number of halogens is 3. The maximum Gasteiger partial charge on any atom is 0.312 e. The minimum atomic E-state index is -3.18. The first-order valence-electron chi connectivity index (χ1n) is 6.16. The van der Waals surface area contributed by atoms with Crippen molar-refractivity contribution in [3.8, 4) is 5.75 Å². The van der Waals surface area contributed by atoms with Gasteiger partial charge in [0.15, 0.2) is 5.75 Å². The molecule has 22 heavy (non-hydrogen) atoms. The molecule has 1 amide bonds. The zero-order valence-electron chi connectivity index (χ0n) is 11.4. The Morgan fingerprint density at radius 3 is 2.77 bits per heavy atom. The number of carbonyl (C=O) groups excluding carboxylic acids is 1. The minimum absolute atomic E-state index is 0.0607. The lowest BCUT2D eigenvalue weighted by Gasteiger charge is -2.14. The molecule has 0 atom stereocenters. The van der Waals surface area contributed by atoms with Crippen LogP contribution in [0.15, 0.2) is 18.2 Å². The fraction of sp³-hybridized carbons (Fsp3) is 0.417. The van der Waals surface area contributed by atoms with E-state index in [1.165, 1.54) is 12.1 Å². The molecule has 0 aliphatic heterocycles. The van der Waals surface area contributed by atoms with Crippen LogP contribution in [0.25, 0.3) is 0 Å². The van der Waals surface area contributed by atoms with Gasteiger partial charge < -0.3 is 15.8 Å². The number of nitrogens with zero attached hydrogens (tertiary/aromatic N) is 1. The third-order valence-electron chi connectivity index (χ3n) is 2.55. The quantitative estimate of drug-likeness (QED) is 0.555. The number of ether oxygens (including phenoxy) is 1. The van der Waals surface area contributed by atoms with Gasteiger partial charge in [-0.05, 0) is 12.1 Å². The molecule has 7 nitrogen and oxygen atoms in total. The number of nitrogens with one attached hydrogen (secondary N) is 1. The lowest BCUT2D eigenvalue weighted by molar-refractivity contribution is -0.385. The number of nitro groups is 1. The number of benzene rings is 1. The van der Waals surface area contributed by atoms with Gasteiger partial charge in [-0.15, -0.1) is 0 Å². The van der Waals surface area contributed by atoms with Gasteiger partial charge >= 0.3 is 5.69 Å². The minimum Gasteiger partial charge on any atom is -0.486 e. The van der Waals surface area contributed by atoms with Crippen LogP contribution in [0.5, 0.6) is 5.75 Å². The summed E-state index contributed by atoms with van der Waals surface area (Å²) in [6, 6.07) is 3.80. The van der Waals surface area contributed by atoms with Gasteiger partial charge in [0.2, 0.25) is 5.91 Å². The van der Waals surface area contributed by atoms with E-state index >= 15 is 0 Å². The average molecular weight is 338 g/mol. The summed E-state index contributed by atoms with van der Waals surface area (Å²) < 4.78 is 30.8. The van der Waals surface area contributed by atoms with Crippen molar-refractivity contribution < 1.29 is 23.2 Å². The molecule has 0 saturated carbocycles. The third-order valence-corrected chi connectivity index (χ3v) is 2.78. The van der Waals surface area contributed by atoms with Crippen molar-refractivity contribution in [3.05, 3.63) is 33.3 Å². The number of nitrogens with two attached hydrogens (primary N) is 1. The standard InChI is InChI=1S/C12H14ClF2N3O4/c13-8-1-2-10(9(5-8)18(20)21)22-4-3-11(19)17-7-12(14,15)6-16/h1-2,5H,3-4,6-7,16H2,(H,17,19). The molecule has 0 aromatic heterocycles. The van der Waals surface area contributed by atoms with Crippen LogP contribution in [0.1, 0.15) is 6.42 Å². The predicted octanol–water partition coefficient (Wildman–Crippen LogP) is 1.73. The number of alkyl halides is 2. The van der Waals surface area contributed by atoms with Crippen molar-refractivity contribution in [2.75, 3.05) is 19.7 Å². The summed E-state index contributed by atoms with van der Waals surface area (Å²) in [5.74, 6) is -3.91. The highest BCUT2D eigenvalue weighted by Crippen LogP contribution is 2.29. The van der Waals surface area contributed by atoms with Gasteiger partial charge in [-0.3, -0.25) is 14.9 Å². The Hall–Kier alpha value is -2.00. The van der Waals surface area contributed by atoms with Crippen LogP contribution in [-0.4, -0.2) is 36.4 Å². The predicted molar refractivity (Wildman–Crippen MR) is 75.2 cm³/mol. The van der Waals surface area contributed by atoms with Crippen molar-refractivity contribution in [2.45, 2.75) is 12.3 Å². The van der Waals surface area contributed by atoms with Crippen LogP contribution in [-0.2, 0) is 4.79 Å². The van der Waals surface area contributed by atoms with Gasteiger partial charge in [-0.2, -0.15) is 0 Å². The normalized spacial score (nSPS) is 11.1. The Kier molecular flexibility index (Phi) is 6.44. The van der Waals surface area contributed by atoms with E-state index in [-0.39, 0.29) is 29.5 Å². The summed E-state index contributed by atoms with van der Waals surface area (Å²) in [6.07, 6.45) is -0.236. The number of amides is 1. The molecule has 0 heterocycles. The van der Waals surface area contributed by atoms with Crippen LogP contribution in [0, 0.1) is 10.1 Å². The lowest BCUT2D eigenvalue weighted by atomic mass is 10.3. The zero-order chi connectivity index (χ0) is 16.8. The highest BCUT2D eigenvalue weighted by atomic mass is 35.5. The molecular formula is C12H14ClF2N3O4. The smallest absolute Gasteiger partial charge is 0.312 e. The summed E-state index contributed by atoms with van der Waals surface area (Å²) in [6.45, 7) is -1.95. The molecular weight excluding hydrogens is 324 g/mol. The van der Waals surface area contributed by atoms with E-state index in [1.54, 1.807) is 0 Å². The summed E-state index contributed by atoms with van der Waals surface area (Å²) in [4.78, 5) is 21.5. The highest BCUT2D eigenvalue weighted by Gasteiger charge is 2.27. The van der Waals surface area contributed by atoms with Crippen molar-refractivity contribution in [1.82, 2.24) is 5.32 Å². The maximum atomic E-state index is 12.8. The fourth-order valence-electron chi connectivity index (χ4n) is 1.40. The number of hydrogen-bond donors (Lipinski definition) is 2. The summed E-state index contributed by atoms with van der Waals surface area (Å²) >= 11 is 5.64. The molecule has 1 aromatic rings. The molecule has 0 spiro atoms. The molecule has 0 radical (unpaired) electrons. The molecule has 0 fully saturated rings. The number of carbonyl (C=O) groups is 1. The molecule has 0 unspecified atom stereocenters. The maximum absolute atomic E-state index is 12.8. The molecule has 3 N–H and O–H groups in total. The second-order valence-corrected chi connectivity index (χ2v) is 4.74. The van der Waals surface area contributed by atoms with Crippen LogP contribution >= 0.6 is 11.6 Å². The van der Waals surface area contributed by atoms with Gasteiger partial charge in [0, 0.05) is 11.1 Å². The molecule has 0 aliphatic carbocycles. The number of nitro benzene ring substituents is 1. The number of rotatable bonds is 8. The van der Waals surface area contributed by atoms with E-state index < -0.39 is 29.8 Å². The van der Waals surface area contributed by atoms with Crippen LogP contribution in [0.4, 0.5) is 14.5 Å². The first-order valence-corrected chi connectivity index (χ1v) is 6.54. The molecule has 0 aliphatic rings. The summed E-state index contributed by atoms with van der Waals surface area (Å²) in [5.41, 5.74) is 4.48. The summed E-state index contributed by atoms with van der Waals surface area (Å²) in [7, 11) is 0. The lowest BCUT2D eigenvalue weighted by Crippen LogP contribution is -2.41. The zero-order valence-corrected chi connectivity index (χ0v) is 12.1. The van der Waals surface area contributed by atoms with E-state index in [2.05, 4.69) is 0 Å². The van der Waals surface area contributed by atoms with E-state index in [1.807, 2.05) is 5.32 Å². The van der Waals surface area contributed by atoms with E-state index in [0.717, 1.165) is 6.07 Å². The number of hydrogen-bond acceptors (Lipinski definition) is 5. The van der Waals surface area contributed by atoms with Gasteiger partial charge in [0.25, 0.3) is 5.92 Å². The first kappa shape index (κ1) is 18.1. The van der Waals surface area contributed by atoms with Crippen LogP contribution in [0.3, 0.4) is 0 Å². The monoisotopic (exact) mass is 337 g/mol. The summed E-state index contributed by atoms with van der Waals surface area (Å²) in [5, 5.41) is 13.0. The Morgan fingerprint density at radius 1 is 1.50 bits per heavy atom. The van der Waals surface area contributed by atoms with Crippen molar-refractivity contribution in [1.29, 1.82) is 0 Å². The first-order chi connectivity index (χ1) is 10.2. The van der Waals surface area contributed by atoms with Crippen LogP contribution in [0.2, 0.25) is 5.02 Å². The van der Waals surface area contributed by atoms with Gasteiger partial charge in [0.05, 0.1) is 31.0 Å². The largest absolute Gasteiger partial charge is 0.486 e. The van der Waals surface area contributed by atoms with E-state index in [9.17, 15) is 23.7 Å². The molecule has 10 heteroatoms. The third kappa shape index (κ3) is 5.78. The van der Waals surface area contributed by atoms with Crippen molar-refractivity contribution in [3.63, 3.8) is 0 Å². The molecule has 1 rings (SSSR count). The van der Waals surface area contributed by atoms with E-state index in [0.29, 0.717) is 0 Å². The Morgan fingerprint density at radius 2 is 2.18 bits per heavy atom. The van der Waals surface area contributed by atoms with Gasteiger partial charge in [0.1, 0.15) is 0 Å². The molecule has 122 valence electrons. The Labute approximate surface area is 129 Å². The molecule has 0 bridgehead atoms. The highest BCUT2D eigenvalue weighted by molar-refractivity contribution is 6.30. The van der Waals surface area contributed by atoms with Crippen LogP contribution < -0.4 is 15.8 Å².